The van der Waals surface area contributed by atoms with Gasteiger partial charge in [0, 0.05) is 31.2 Å². The van der Waals surface area contributed by atoms with Crippen LogP contribution in [0.5, 0.6) is 0 Å². The van der Waals surface area contributed by atoms with Crippen LogP contribution in [-0.2, 0) is 21.4 Å². The lowest BCUT2D eigenvalue weighted by atomic mass is 10.0. The van der Waals surface area contributed by atoms with Crippen molar-refractivity contribution < 1.29 is 17.6 Å². The number of hydrogen-bond donors (Lipinski definition) is 0. The van der Waals surface area contributed by atoms with Crippen molar-refractivity contribution >= 4 is 26.9 Å². The molecule has 3 aromatic rings. The number of benzene rings is 1. The van der Waals surface area contributed by atoms with Crippen molar-refractivity contribution in [1.29, 1.82) is 0 Å². The van der Waals surface area contributed by atoms with Crippen molar-refractivity contribution in [1.82, 2.24) is 19.0 Å². The summed E-state index contributed by atoms with van der Waals surface area (Å²) in [7, 11) is -4.01. The first-order valence-electron chi connectivity index (χ1n) is 13.2. The lowest BCUT2D eigenvalue weighted by Gasteiger charge is -2.36. The first-order valence-corrected chi connectivity index (χ1v) is 14.6. The zero-order chi connectivity index (χ0) is 27.3. The topological polar surface area (TPSA) is 88.7 Å². The van der Waals surface area contributed by atoms with Crippen molar-refractivity contribution in [3.63, 3.8) is 0 Å². The molecule has 0 aliphatic rings. The third-order valence-corrected chi connectivity index (χ3v) is 8.07. The summed E-state index contributed by atoms with van der Waals surface area (Å²) in [5.41, 5.74) is 1.47. The second-order valence-electron chi connectivity index (χ2n) is 11.1. The molecule has 2 heterocycles. The Kier molecular flexibility index (Phi) is 9.58. The minimum absolute atomic E-state index is 0.120. The summed E-state index contributed by atoms with van der Waals surface area (Å²) < 4.78 is 37.0. The van der Waals surface area contributed by atoms with E-state index in [9.17, 15) is 13.2 Å². The Morgan fingerprint density at radius 1 is 1.00 bits per heavy atom. The third-order valence-electron chi connectivity index (χ3n) is 6.16. The van der Waals surface area contributed by atoms with Crippen LogP contribution in [0.4, 0.5) is 0 Å². The molecule has 1 atom stereocenters. The molecule has 3 rings (SSSR count). The molecule has 37 heavy (non-hydrogen) atoms. The van der Waals surface area contributed by atoms with E-state index < -0.39 is 16.1 Å². The predicted molar refractivity (Wildman–Crippen MR) is 147 cm³/mol. The summed E-state index contributed by atoms with van der Waals surface area (Å²) in [6.07, 6.45) is 3.80. The highest BCUT2D eigenvalue weighted by Crippen LogP contribution is 2.27. The highest BCUT2D eigenvalue weighted by molar-refractivity contribution is 7.89. The van der Waals surface area contributed by atoms with Crippen LogP contribution in [0.15, 0.2) is 52.1 Å². The molecule has 1 amide bonds. The molecular formula is C28H42N4O4S. The van der Waals surface area contributed by atoms with Gasteiger partial charge in [0.15, 0.2) is 0 Å². The number of furan rings is 1. The maximum Gasteiger partial charge on any atom is 0.243 e. The lowest BCUT2D eigenvalue weighted by Crippen LogP contribution is -2.53. The zero-order valence-electron chi connectivity index (χ0n) is 23.2. The number of hydrogen-bond acceptors (Lipinski definition) is 5. The number of carbonyl (C=O) groups excluding carboxylic acids is 1. The van der Waals surface area contributed by atoms with Crippen molar-refractivity contribution in [2.24, 2.45) is 17.8 Å². The molecule has 1 aromatic carbocycles. The molecule has 0 saturated carbocycles. The Balaban J connectivity index is 2.07. The van der Waals surface area contributed by atoms with Crippen LogP contribution in [0.3, 0.4) is 0 Å². The van der Waals surface area contributed by atoms with Crippen molar-refractivity contribution in [2.45, 2.75) is 72.4 Å². The van der Waals surface area contributed by atoms with Gasteiger partial charge in [0.05, 0.1) is 23.4 Å². The summed E-state index contributed by atoms with van der Waals surface area (Å²) in [4.78, 5) is 16.1. The van der Waals surface area contributed by atoms with Gasteiger partial charge in [-0.1, -0.05) is 41.5 Å². The standard InChI is InChI=1S/C28H42N4O4S/c1-20(2)16-26(28(33)30(18-21(3)4)19-22(5)6)32(14-13-31-12-10-23(7)29-31)37(34,35)25-8-9-27-24(17-25)11-15-36-27/h8-12,15,17,20-22,26H,13-14,16,18-19H2,1-7H3/t26-/m0/s1. The number of amides is 1. The number of sulfonamides is 1. The average molecular weight is 531 g/mol. The Hall–Kier alpha value is -2.65. The fourth-order valence-electron chi connectivity index (χ4n) is 4.61. The number of aromatic nitrogens is 2. The van der Waals surface area contributed by atoms with Crippen LogP contribution < -0.4 is 0 Å². The molecule has 0 unspecified atom stereocenters. The highest BCUT2D eigenvalue weighted by atomic mass is 32.2. The Bertz CT molecular complexity index is 1270. The Morgan fingerprint density at radius 3 is 2.24 bits per heavy atom. The van der Waals surface area contributed by atoms with Crippen LogP contribution in [0, 0.1) is 24.7 Å². The molecule has 2 aromatic heterocycles. The molecule has 0 N–H and O–H groups in total. The predicted octanol–water partition coefficient (Wildman–Crippen LogP) is 5.18. The molecule has 0 saturated heterocycles. The second kappa shape index (κ2) is 12.3. The molecule has 8 nitrogen and oxygen atoms in total. The number of fused-ring (bicyclic) bond motifs is 1. The molecule has 0 aliphatic heterocycles. The van der Waals surface area contributed by atoms with Gasteiger partial charge >= 0.3 is 0 Å². The van der Waals surface area contributed by atoms with E-state index in [0.29, 0.717) is 37.0 Å². The van der Waals surface area contributed by atoms with Gasteiger partial charge in [-0.05, 0) is 61.4 Å². The summed E-state index contributed by atoms with van der Waals surface area (Å²) in [5.74, 6) is 0.515. The van der Waals surface area contributed by atoms with Crippen LogP contribution >= 0.6 is 0 Å². The van der Waals surface area contributed by atoms with E-state index in [4.69, 9.17) is 4.42 Å². The number of carbonyl (C=O) groups is 1. The van der Waals surface area contributed by atoms with Gasteiger partial charge in [0.2, 0.25) is 15.9 Å². The first kappa shape index (κ1) is 28.9. The summed E-state index contributed by atoms with van der Waals surface area (Å²) in [5, 5.41) is 5.14. The molecule has 0 spiro atoms. The molecule has 204 valence electrons. The van der Waals surface area contributed by atoms with E-state index in [1.54, 1.807) is 35.2 Å². The van der Waals surface area contributed by atoms with E-state index in [1.165, 1.54) is 4.31 Å². The van der Waals surface area contributed by atoms with E-state index in [1.807, 2.05) is 37.9 Å². The van der Waals surface area contributed by atoms with Gasteiger partial charge in [0.1, 0.15) is 11.6 Å². The average Bonchev–Trinajstić information content (AvgIpc) is 3.44. The minimum atomic E-state index is -4.01. The number of aryl methyl sites for hydroxylation is 1. The van der Waals surface area contributed by atoms with E-state index in [-0.39, 0.29) is 35.1 Å². The van der Waals surface area contributed by atoms with E-state index in [2.05, 4.69) is 32.8 Å². The second-order valence-corrected chi connectivity index (χ2v) is 13.0. The molecule has 9 heteroatoms. The first-order chi connectivity index (χ1) is 17.4. The van der Waals surface area contributed by atoms with Crippen molar-refractivity contribution in [3.05, 3.63) is 48.5 Å². The van der Waals surface area contributed by atoms with Crippen LogP contribution in [0.1, 0.15) is 53.7 Å². The van der Waals surface area contributed by atoms with Crippen LogP contribution in [0.25, 0.3) is 11.0 Å². The van der Waals surface area contributed by atoms with E-state index >= 15 is 0 Å². The monoisotopic (exact) mass is 530 g/mol. The summed E-state index contributed by atoms with van der Waals surface area (Å²) in [6, 6.07) is 7.66. The SMILES string of the molecule is Cc1ccn(CCN([C@@H](CC(C)C)C(=O)N(CC(C)C)CC(C)C)S(=O)(=O)c2ccc3occc3c2)n1. The van der Waals surface area contributed by atoms with Gasteiger partial charge in [0.25, 0.3) is 0 Å². The van der Waals surface area contributed by atoms with Gasteiger partial charge < -0.3 is 9.32 Å². The largest absolute Gasteiger partial charge is 0.464 e. The normalized spacial score (nSPS) is 13.4. The smallest absolute Gasteiger partial charge is 0.243 e. The third kappa shape index (κ3) is 7.45. The number of nitrogens with zero attached hydrogens (tertiary/aromatic N) is 4. The number of rotatable bonds is 13. The van der Waals surface area contributed by atoms with Gasteiger partial charge in [-0.2, -0.15) is 9.40 Å². The fourth-order valence-corrected chi connectivity index (χ4v) is 6.23. The van der Waals surface area contributed by atoms with Crippen LogP contribution in [-0.4, -0.2) is 59.0 Å². The fraction of sp³-hybridized carbons (Fsp3) is 0.571. The molecule has 0 fully saturated rings. The van der Waals surface area contributed by atoms with Crippen molar-refractivity contribution in [3.8, 4) is 0 Å². The van der Waals surface area contributed by atoms with Crippen molar-refractivity contribution in [2.75, 3.05) is 19.6 Å². The molecule has 0 bridgehead atoms. The summed E-state index contributed by atoms with van der Waals surface area (Å²) >= 11 is 0. The quantitative estimate of drug-likeness (QED) is 0.304. The van der Waals surface area contributed by atoms with E-state index in [0.717, 1.165) is 5.69 Å². The minimum Gasteiger partial charge on any atom is -0.464 e. The molecule has 0 aliphatic carbocycles. The van der Waals surface area contributed by atoms with Crippen LogP contribution in [0.2, 0.25) is 0 Å². The lowest BCUT2D eigenvalue weighted by molar-refractivity contribution is -0.137. The Labute approximate surface area is 221 Å². The Morgan fingerprint density at radius 2 is 1.68 bits per heavy atom. The van der Waals surface area contributed by atoms with Gasteiger partial charge in [-0.3, -0.25) is 9.48 Å². The molecule has 0 radical (unpaired) electrons. The van der Waals surface area contributed by atoms with Gasteiger partial charge in [-0.15, -0.1) is 0 Å². The highest BCUT2D eigenvalue weighted by Gasteiger charge is 2.38. The summed E-state index contributed by atoms with van der Waals surface area (Å²) in [6.45, 7) is 15.9. The zero-order valence-corrected chi connectivity index (χ0v) is 24.0. The maximum absolute atomic E-state index is 14.2. The molecular weight excluding hydrogens is 488 g/mol. The maximum atomic E-state index is 14.2. The van der Waals surface area contributed by atoms with Gasteiger partial charge in [-0.25, -0.2) is 8.42 Å².